The van der Waals surface area contributed by atoms with Crippen molar-refractivity contribution >= 4 is 34.4 Å². The van der Waals surface area contributed by atoms with Crippen LogP contribution in [0.25, 0.3) is 22.0 Å². The fourth-order valence-corrected chi connectivity index (χ4v) is 4.68. The Labute approximate surface area is 224 Å². The third-order valence-corrected chi connectivity index (χ3v) is 6.56. The molecule has 5 rings (SSSR count). The van der Waals surface area contributed by atoms with Crippen molar-refractivity contribution in [3.63, 3.8) is 0 Å². The quantitative estimate of drug-likeness (QED) is 0.256. The highest BCUT2D eigenvalue weighted by Crippen LogP contribution is 2.30. The molecule has 38 heavy (non-hydrogen) atoms. The minimum absolute atomic E-state index is 0.188. The second kappa shape index (κ2) is 10.6. The van der Waals surface area contributed by atoms with Gasteiger partial charge in [0.05, 0.1) is 28.3 Å². The van der Waals surface area contributed by atoms with E-state index in [4.69, 9.17) is 16.7 Å². The summed E-state index contributed by atoms with van der Waals surface area (Å²) in [6.45, 7) is 0.771. The molecule has 0 aliphatic heterocycles. The number of aromatic carboxylic acids is 1. The number of rotatable bonds is 7. The Bertz CT molecular complexity index is 1720. The lowest BCUT2D eigenvalue weighted by Crippen LogP contribution is -2.23. The molecule has 0 saturated carbocycles. The lowest BCUT2D eigenvalue weighted by atomic mass is 9.98. The molecule has 6 nitrogen and oxygen atoms in total. The summed E-state index contributed by atoms with van der Waals surface area (Å²) in [4.78, 5) is 24.7. The zero-order valence-corrected chi connectivity index (χ0v) is 20.9. The van der Waals surface area contributed by atoms with Crippen LogP contribution in [-0.2, 0) is 13.1 Å². The summed E-state index contributed by atoms with van der Waals surface area (Å²) < 4.78 is 2.02. The number of carboxylic acids is 1. The summed E-state index contributed by atoms with van der Waals surface area (Å²) in [5.74, 6) is -1.26. The van der Waals surface area contributed by atoms with Crippen molar-refractivity contribution in [2.75, 3.05) is 0 Å². The summed E-state index contributed by atoms with van der Waals surface area (Å²) in [6.07, 6.45) is 1.95. The van der Waals surface area contributed by atoms with Crippen LogP contribution in [0.4, 0.5) is 0 Å². The second-order valence-electron chi connectivity index (χ2n) is 8.91. The summed E-state index contributed by atoms with van der Waals surface area (Å²) >= 11 is 6.20. The predicted octanol–water partition coefficient (Wildman–Crippen LogP) is 6.51. The van der Waals surface area contributed by atoms with Crippen molar-refractivity contribution < 1.29 is 14.7 Å². The number of nitriles is 1. The predicted molar refractivity (Wildman–Crippen MR) is 147 cm³/mol. The lowest BCUT2D eigenvalue weighted by Gasteiger charge is -2.13. The van der Waals surface area contributed by atoms with Crippen molar-refractivity contribution in [1.82, 2.24) is 9.88 Å². The first-order valence-electron chi connectivity index (χ1n) is 11.9. The molecule has 7 heteroatoms. The van der Waals surface area contributed by atoms with Crippen LogP contribution in [0.2, 0.25) is 5.02 Å². The molecule has 0 atom stereocenters. The fraction of sp³-hybridized carbons (Fsp3) is 0.0645. The third-order valence-electron chi connectivity index (χ3n) is 6.33. The van der Waals surface area contributed by atoms with Gasteiger partial charge >= 0.3 is 5.97 Å². The minimum Gasteiger partial charge on any atom is -0.478 e. The number of carboxylic acid groups (broad SMARTS) is 1. The molecule has 0 unspecified atom stereocenters. The molecule has 0 bridgehead atoms. The molecule has 5 aromatic rings. The molecule has 4 aromatic carbocycles. The zero-order chi connectivity index (χ0) is 26.6. The van der Waals surface area contributed by atoms with E-state index in [1.807, 2.05) is 65.4 Å². The molecule has 0 fully saturated rings. The van der Waals surface area contributed by atoms with E-state index < -0.39 is 5.97 Å². The molecule has 0 aliphatic carbocycles. The maximum Gasteiger partial charge on any atom is 0.335 e. The van der Waals surface area contributed by atoms with Crippen LogP contribution >= 0.6 is 11.6 Å². The maximum atomic E-state index is 13.6. The van der Waals surface area contributed by atoms with Gasteiger partial charge in [-0.1, -0.05) is 48.0 Å². The monoisotopic (exact) mass is 519 g/mol. The Balaban J connectivity index is 1.54. The molecule has 0 radical (unpaired) electrons. The number of benzene rings is 4. The van der Waals surface area contributed by atoms with Gasteiger partial charge in [0.1, 0.15) is 0 Å². The Hall–Kier alpha value is -4.86. The number of hydrogen-bond acceptors (Lipinski definition) is 3. The number of carbonyl (C=O) groups is 2. The van der Waals surface area contributed by atoms with Crippen molar-refractivity contribution in [3.05, 3.63) is 130 Å². The standard InChI is InChI=1S/C31H22ClN3O3/c32-27-6-2-4-22(14-27)19-35-12-11-25-15-26(24-5-1-3-21(13-24)17-33)16-28(29(25)35)30(36)34-18-20-7-9-23(10-8-20)31(37)38/h1-16H,18-19H2,(H,34,36)(H,37,38). The van der Waals surface area contributed by atoms with Gasteiger partial charge in [-0.15, -0.1) is 0 Å². The minimum atomic E-state index is -0.999. The third kappa shape index (κ3) is 5.29. The molecule has 1 aromatic heterocycles. The topological polar surface area (TPSA) is 95.1 Å². The van der Waals surface area contributed by atoms with Crippen molar-refractivity contribution in [2.24, 2.45) is 0 Å². The highest BCUT2D eigenvalue weighted by Gasteiger charge is 2.17. The van der Waals surface area contributed by atoms with E-state index in [9.17, 15) is 14.9 Å². The van der Waals surface area contributed by atoms with Crippen molar-refractivity contribution in [1.29, 1.82) is 5.26 Å². The van der Waals surface area contributed by atoms with E-state index in [0.717, 1.165) is 33.2 Å². The zero-order valence-electron chi connectivity index (χ0n) is 20.2. The lowest BCUT2D eigenvalue weighted by molar-refractivity contribution is 0.0696. The number of fused-ring (bicyclic) bond motifs is 1. The first kappa shape index (κ1) is 24.8. The Morgan fingerprint density at radius 1 is 0.895 bits per heavy atom. The fourth-order valence-electron chi connectivity index (χ4n) is 4.46. The number of aromatic nitrogens is 1. The average Bonchev–Trinajstić information content (AvgIpc) is 3.34. The van der Waals surface area contributed by atoms with Crippen LogP contribution in [0.3, 0.4) is 0 Å². The van der Waals surface area contributed by atoms with E-state index >= 15 is 0 Å². The van der Waals surface area contributed by atoms with E-state index in [0.29, 0.717) is 22.7 Å². The van der Waals surface area contributed by atoms with E-state index in [2.05, 4.69) is 11.4 Å². The van der Waals surface area contributed by atoms with Gasteiger partial charge in [0.25, 0.3) is 5.91 Å². The van der Waals surface area contributed by atoms with Crippen LogP contribution in [0.15, 0.2) is 97.2 Å². The van der Waals surface area contributed by atoms with Gasteiger partial charge in [0.15, 0.2) is 0 Å². The molecular weight excluding hydrogens is 498 g/mol. The largest absolute Gasteiger partial charge is 0.478 e. The summed E-state index contributed by atoms with van der Waals surface area (Å²) in [5.41, 5.74) is 5.46. The van der Waals surface area contributed by atoms with Gasteiger partial charge in [-0.25, -0.2) is 4.79 Å². The van der Waals surface area contributed by atoms with Gasteiger partial charge in [-0.3, -0.25) is 4.79 Å². The van der Waals surface area contributed by atoms with Gasteiger partial charge in [0.2, 0.25) is 0 Å². The number of nitrogens with zero attached hydrogens (tertiary/aromatic N) is 2. The van der Waals surface area contributed by atoms with Crippen LogP contribution in [-0.4, -0.2) is 21.6 Å². The van der Waals surface area contributed by atoms with E-state index in [1.54, 1.807) is 24.3 Å². The van der Waals surface area contributed by atoms with Crippen LogP contribution in [0.5, 0.6) is 0 Å². The van der Waals surface area contributed by atoms with Gasteiger partial charge in [-0.05, 0) is 76.9 Å². The number of hydrogen-bond donors (Lipinski definition) is 2. The summed E-state index contributed by atoms with van der Waals surface area (Å²) in [7, 11) is 0. The van der Waals surface area contributed by atoms with Crippen molar-refractivity contribution in [3.8, 4) is 17.2 Å². The number of carbonyl (C=O) groups excluding carboxylic acids is 1. The molecule has 0 aliphatic rings. The molecule has 1 amide bonds. The SMILES string of the molecule is N#Cc1cccc(-c2cc(C(=O)NCc3ccc(C(=O)O)cc3)c3c(ccn3Cc3cccc(Cl)c3)c2)c1. The molecule has 1 heterocycles. The molecule has 0 spiro atoms. The highest BCUT2D eigenvalue weighted by atomic mass is 35.5. The van der Waals surface area contributed by atoms with E-state index in [-0.39, 0.29) is 18.0 Å². The van der Waals surface area contributed by atoms with E-state index in [1.165, 1.54) is 12.1 Å². The number of halogens is 1. The molecule has 186 valence electrons. The van der Waals surface area contributed by atoms with Crippen LogP contribution in [0.1, 0.15) is 37.4 Å². The summed E-state index contributed by atoms with van der Waals surface area (Å²) in [5, 5.41) is 23.0. The molecular formula is C31H22ClN3O3. The average molecular weight is 520 g/mol. The molecule has 2 N–H and O–H groups in total. The van der Waals surface area contributed by atoms with Crippen molar-refractivity contribution in [2.45, 2.75) is 13.1 Å². The Kier molecular flexibility index (Phi) is 6.94. The highest BCUT2D eigenvalue weighted by molar-refractivity contribution is 6.30. The number of amides is 1. The first-order chi connectivity index (χ1) is 18.4. The Morgan fingerprint density at radius 2 is 1.68 bits per heavy atom. The van der Waals surface area contributed by atoms with Gasteiger partial charge in [0, 0.05) is 29.7 Å². The van der Waals surface area contributed by atoms with Gasteiger partial charge < -0.3 is 15.0 Å². The number of nitrogens with one attached hydrogen (secondary N) is 1. The second-order valence-corrected chi connectivity index (χ2v) is 9.35. The first-order valence-corrected chi connectivity index (χ1v) is 12.3. The maximum absolute atomic E-state index is 13.6. The normalized spacial score (nSPS) is 10.7. The summed E-state index contributed by atoms with van der Waals surface area (Å²) in [6, 6.07) is 29.3. The van der Waals surface area contributed by atoms with Crippen LogP contribution < -0.4 is 5.32 Å². The smallest absolute Gasteiger partial charge is 0.335 e. The molecule has 0 saturated heterocycles. The Morgan fingerprint density at radius 3 is 2.42 bits per heavy atom. The van der Waals surface area contributed by atoms with Crippen LogP contribution in [0, 0.1) is 11.3 Å². The van der Waals surface area contributed by atoms with Gasteiger partial charge in [-0.2, -0.15) is 5.26 Å².